The quantitative estimate of drug-likeness (QED) is 0.548. The van der Waals surface area contributed by atoms with Gasteiger partial charge in [-0.1, -0.05) is 11.6 Å². The zero-order valence-corrected chi connectivity index (χ0v) is 19.7. The topological polar surface area (TPSA) is 63.7 Å². The van der Waals surface area contributed by atoms with Gasteiger partial charge in [0.2, 0.25) is 0 Å². The normalized spacial score (nSPS) is 17.2. The van der Waals surface area contributed by atoms with Crippen molar-refractivity contribution >= 4 is 17.5 Å². The van der Waals surface area contributed by atoms with Gasteiger partial charge in [-0.2, -0.15) is 0 Å². The second-order valence-corrected chi connectivity index (χ2v) is 8.93. The molecule has 2 aromatic rings. The summed E-state index contributed by atoms with van der Waals surface area (Å²) in [5, 5.41) is 3.52. The van der Waals surface area contributed by atoms with E-state index in [1.165, 1.54) is 30.2 Å². The standard InChI is InChI=1S/C25H32ClN3O3/c1-3-31-21-13-17(14-22(32-4-2)24(21)18-5-6-18)16-29-11-9-20(10-12-29)28-25(30)19-7-8-23(26)27-15-19/h7-8,13-15,18,20H,3-6,9-12,16H2,1-2H3,(H,28,30). The minimum Gasteiger partial charge on any atom is -0.493 e. The number of rotatable bonds is 9. The third-order valence-electron chi connectivity index (χ3n) is 6.07. The number of nitrogens with zero attached hydrogens (tertiary/aromatic N) is 2. The van der Waals surface area contributed by atoms with Crippen molar-refractivity contribution in [2.45, 2.75) is 58.0 Å². The van der Waals surface area contributed by atoms with Gasteiger partial charge in [-0.15, -0.1) is 0 Å². The van der Waals surface area contributed by atoms with Crippen LogP contribution in [0, 0.1) is 0 Å². The number of carbonyl (C=O) groups is 1. The van der Waals surface area contributed by atoms with Crippen LogP contribution < -0.4 is 14.8 Å². The second-order valence-electron chi connectivity index (χ2n) is 8.54. The summed E-state index contributed by atoms with van der Waals surface area (Å²) >= 11 is 5.81. The van der Waals surface area contributed by atoms with Gasteiger partial charge in [-0.05, 0) is 75.3 Å². The zero-order valence-electron chi connectivity index (χ0n) is 18.9. The lowest BCUT2D eigenvalue weighted by Gasteiger charge is -2.32. The highest BCUT2D eigenvalue weighted by Gasteiger charge is 2.31. The molecule has 172 valence electrons. The molecule has 1 amide bonds. The summed E-state index contributed by atoms with van der Waals surface area (Å²) in [6, 6.07) is 7.91. The summed E-state index contributed by atoms with van der Waals surface area (Å²) in [4.78, 5) is 18.9. The van der Waals surface area contributed by atoms with Crippen molar-refractivity contribution in [3.63, 3.8) is 0 Å². The predicted molar refractivity (Wildman–Crippen MR) is 126 cm³/mol. The number of carbonyl (C=O) groups excluding carboxylic acids is 1. The first-order chi connectivity index (χ1) is 15.6. The van der Waals surface area contributed by atoms with Crippen molar-refractivity contribution in [2.24, 2.45) is 0 Å². The van der Waals surface area contributed by atoms with Crippen LogP contribution in [0.25, 0.3) is 0 Å². The third kappa shape index (κ3) is 5.73. The highest BCUT2D eigenvalue weighted by Crippen LogP contribution is 2.49. The van der Waals surface area contributed by atoms with E-state index in [1.807, 2.05) is 13.8 Å². The smallest absolute Gasteiger partial charge is 0.253 e. The number of benzene rings is 1. The fourth-order valence-corrected chi connectivity index (χ4v) is 4.46. The van der Waals surface area contributed by atoms with Crippen LogP contribution in [0.2, 0.25) is 5.15 Å². The summed E-state index contributed by atoms with van der Waals surface area (Å²) in [6.07, 6.45) is 5.78. The largest absolute Gasteiger partial charge is 0.493 e. The summed E-state index contributed by atoms with van der Waals surface area (Å²) < 4.78 is 12.0. The van der Waals surface area contributed by atoms with Gasteiger partial charge in [0, 0.05) is 37.4 Å². The minimum absolute atomic E-state index is 0.0917. The molecule has 0 atom stereocenters. The van der Waals surface area contributed by atoms with E-state index in [9.17, 15) is 4.79 Å². The van der Waals surface area contributed by atoms with E-state index in [-0.39, 0.29) is 11.9 Å². The Bertz CT molecular complexity index is 896. The van der Waals surface area contributed by atoms with Crippen LogP contribution in [0.15, 0.2) is 30.5 Å². The molecule has 0 radical (unpaired) electrons. The Hall–Kier alpha value is -2.31. The molecule has 1 aromatic heterocycles. The van der Waals surface area contributed by atoms with E-state index in [2.05, 4.69) is 27.3 Å². The second kappa shape index (κ2) is 10.5. The lowest BCUT2D eigenvalue weighted by molar-refractivity contribution is 0.0908. The van der Waals surface area contributed by atoms with Crippen LogP contribution in [0.1, 0.15) is 66.9 Å². The van der Waals surface area contributed by atoms with Gasteiger partial charge in [-0.3, -0.25) is 9.69 Å². The first-order valence-corrected chi connectivity index (χ1v) is 12.0. The van der Waals surface area contributed by atoms with E-state index >= 15 is 0 Å². The Morgan fingerprint density at radius 1 is 1.09 bits per heavy atom. The molecule has 32 heavy (non-hydrogen) atoms. The van der Waals surface area contributed by atoms with Gasteiger partial charge in [0.05, 0.1) is 18.8 Å². The number of nitrogens with one attached hydrogen (secondary N) is 1. The first-order valence-electron chi connectivity index (χ1n) is 11.6. The minimum atomic E-state index is -0.0917. The molecule has 0 spiro atoms. The number of hydrogen-bond acceptors (Lipinski definition) is 5. The summed E-state index contributed by atoms with van der Waals surface area (Å²) in [5.74, 6) is 2.44. The molecule has 1 saturated carbocycles. The van der Waals surface area contributed by atoms with E-state index < -0.39 is 0 Å². The average molecular weight is 458 g/mol. The molecular formula is C25H32ClN3O3. The molecular weight excluding hydrogens is 426 g/mol. The van der Waals surface area contributed by atoms with Crippen LogP contribution >= 0.6 is 11.6 Å². The van der Waals surface area contributed by atoms with E-state index in [4.69, 9.17) is 21.1 Å². The van der Waals surface area contributed by atoms with Gasteiger partial charge in [0.15, 0.2) is 0 Å². The molecule has 2 fully saturated rings. The number of pyridine rings is 1. The number of halogens is 1. The maximum absolute atomic E-state index is 12.5. The van der Waals surface area contributed by atoms with Crippen LogP contribution in [0.3, 0.4) is 0 Å². The molecule has 1 aliphatic heterocycles. The maximum Gasteiger partial charge on any atom is 0.253 e. The number of amides is 1. The van der Waals surface area contributed by atoms with Gasteiger partial charge in [-0.25, -0.2) is 4.98 Å². The summed E-state index contributed by atoms with van der Waals surface area (Å²) in [7, 11) is 0. The molecule has 2 heterocycles. The maximum atomic E-state index is 12.5. The molecule has 1 aromatic carbocycles. The molecule has 1 aliphatic carbocycles. The molecule has 7 heteroatoms. The highest BCUT2D eigenvalue weighted by atomic mass is 35.5. The van der Waals surface area contributed by atoms with Crippen molar-refractivity contribution in [3.05, 3.63) is 52.3 Å². The summed E-state index contributed by atoms with van der Waals surface area (Å²) in [5.41, 5.74) is 3.01. The zero-order chi connectivity index (χ0) is 22.5. The van der Waals surface area contributed by atoms with Crippen LogP contribution in [-0.2, 0) is 6.54 Å². The Labute approximate surface area is 195 Å². The summed E-state index contributed by atoms with van der Waals surface area (Å²) in [6.45, 7) is 8.09. The fraction of sp³-hybridized carbons (Fsp3) is 0.520. The average Bonchev–Trinajstić information content (AvgIpc) is 3.61. The molecule has 1 saturated heterocycles. The Kier molecular flexibility index (Phi) is 7.53. The molecule has 2 aliphatic rings. The van der Waals surface area contributed by atoms with E-state index in [0.717, 1.165) is 44.0 Å². The van der Waals surface area contributed by atoms with Crippen molar-refractivity contribution in [2.75, 3.05) is 26.3 Å². The SMILES string of the molecule is CCOc1cc(CN2CCC(NC(=O)c3ccc(Cl)nc3)CC2)cc(OCC)c1C1CC1. The number of ether oxygens (including phenoxy) is 2. The number of hydrogen-bond donors (Lipinski definition) is 1. The van der Waals surface area contributed by atoms with E-state index in [0.29, 0.717) is 29.8 Å². The Morgan fingerprint density at radius 2 is 1.75 bits per heavy atom. The predicted octanol–water partition coefficient (Wildman–Crippen LogP) is 4.80. The van der Waals surface area contributed by atoms with Crippen LogP contribution in [-0.4, -0.2) is 48.1 Å². The lowest BCUT2D eigenvalue weighted by Crippen LogP contribution is -2.44. The van der Waals surface area contributed by atoms with Gasteiger partial charge < -0.3 is 14.8 Å². The fourth-order valence-electron chi connectivity index (χ4n) is 4.34. The van der Waals surface area contributed by atoms with Gasteiger partial charge in [0.1, 0.15) is 16.7 Å². The van der Waals surface area contributed by atoms with Crippen molar-refractivity contribution < 1.29 is 14.3 Å². The van der Waals surface area contributed by atoms with Crippen molar-refractivity contribution in [1.29, 1.82) is 0 Å². The molecule has 0 bridgehead atoms. The Morgan fingerprint density at radius 3 is 2.28 bits per heavy atom. The number of aromatic nitrogens is 1. The molecule has 6 nitrogen and oxygen atoms in total. The lowest BCUT2D eigenvalue weighted by atomic mass is 10.0. The van der Waals surface area contributed by atoms with Gasteiger partial charge >= 0.3 is 0 Å². The van der Waals surface area contributed by atoms with Crippen LogP contribution in [0.4, 0.5) is 0 Å². The van der Waals surface area contributed by atoms with Crippen LogP contribution in [0.5, 0.6) is 11.5 Å². The number of piperidine rings is 1. The molecule has 4 rings (SSSR count). The van der Waals surface area contributed by atoms with Crippen molar-refractivity contribution in [1.82, 2.24) is 15.2 Å². The first kappa shape index (κ1) is 22.9. The highest BCUT2D eigenvalue weighted by molar-refractivity contribution is 6.29. The molecule has 0 unspecified atom stereocenters. The monoisotopic (exact) mass is 457 g/mol. The van der Waals surface area contributed by atoms with Gasteiger partial charge in [0.25, 0.3) is 5.91 Å². The Balaban J connectivity index is 1.36. The van der Waals surface area contributed by atoms with E-state index in [1.54, 1.807) is 12.1 Å². The van der Waals surface area contributed by atoms with Crippen molar-refractivity contribution in [3.8, 4) is 11.5 Å². The third-order valence-corrected chi connectivity index (χ3v) is 6.29. The molecule has 1 N–H and O–H groups in total. The number of likely N-dealkylation sites (tertiary alicyclic amines) is 1.